The van der Waals surface area contributed by atoms with Gasteiger partial charge in [-0.1, -0.05) is 48.5 Å². The first-order valence-electron chi connectivity index (χ1n) is 9.98. The van der Waals surface area contributed by atoms with Crippen LogP contribution in [0.3, 0.4) is 0 Å². The Bertz CT molecular complexity index is 984. The maximum absolute atomic E-state index is 13.0. The Hall–Kier alpha value is -3.80. The fourth-order valence-corrected chi connectivity index (χ4v) is 3.17. The predicted octanol–water partition coefficient (Wildman–Crippen LogP) is 3.36. The van der Waals surface area contributed by atoms with Crippen molar-refractivity contribution in [3.05, 3.63) is 95.6 Å². The number of methoxy groups -OCH3 is 2. The molecule has 6 heteroatoms. The molecule has 0 aliphatic heterocycles. The highest BCUT2D eigenvalue weighted by atomic mass is 16.5. The quantitative estimate of drug-likeness (QED) is 0.559. The fraction of sp³-hybridized carbons (Fsp3) is 0.200. The summed E-state index contributed by atoms with van der Waals surface area (Å²) in [5.74, 6) is 0.721. The summed E-state index contributed by atoms with van der Waals surface area (Å²) in [5.41, 5.74) is 2.29. The SMILES string of the molecule is COc1cc(CNC(=O)C(Cc2ccccc2)NC(=O)c2ccccc2)cc(OC)c1. The number of amides is 2. The molecule has 6 nitrogen and oxygen atoms in total. The molecule has 0 heterocycles. The van der Waals surface area contributed by atoms with Crippen molar-refractivity contribution < 1.29 is 19.1 Å². The molecule has 160 valence electrons. The molecule has 3 aromatic carbocycles. The molecule has 2 amide bonds. The average molecular weight is 418 g/mol. The van der Waals surface area contributed by atoms with Crippen LogP contribution in [0.15, 0.2) is 78.9 Å². The molecule has 1 atom stereocenters. The van der Waals surface area contributed by atoms with Gasteiger partial charge in [0.25, 0.3) is 5.91 Å². The van der Waals surface area contributed by atoms with E-state index in [9.17, 15) is 9.59 Å². The van der Waals surface area contributed by atoms with Gasteiger partial charge in [-0.05, 0) is 35.4 Å². The summed E-state index contributed by atoms with van der Waals surface area (Å²) in [6.45, 7) is 0.277. The smallest absolute Gasteiger partial charge is 0.251 e. The van der Waals surface area contributed by atoms with E-state index in [-0.39, 0.29) is 18.4 Å². The largest absolute Gasteiger partial charge is 0.497 e. The standard InChI is InChI=1S/C25H26N2O4/c1-30-21-13-19(14-22(16-21)31-2)17-26-25(29)23(15-18-9-5-3-6-10-18)27-24(28)20-11-7-4-8-12-20/h3-14,16,23H,15,17H2,1-2H3,(H,26,29)(H,27,28). The van der Waals surface area contributed by atoms with Crippen LogP contribution in [0.4, 0.5) is 0 Å². The lowest BCUT2D eigenvalue weighted by Gasteiger charge is -2.19. The number of rotatable bonds is 9. The number of benzene rings is 3. The van der Waals surface area contributed by atoms with Crippen LogP contribution in [0.2, 0.25) is 0 Å². The van der Waals surface area contributed by atoms with Gasteiger partial charge in [-0.2, -0.15) is 0 Å². The molecule has 0 aliphatic carbocycles. The van der Waals surface area contributed by atoms with Crippen LogP contribution in [0.5, 0.6) is 11.5 Å². The highest BCUT2D eigenvalue weighted by molar-refractivity contribution is 5.97. The Kier molecular flexibility index (Phi) is 7.65. The topological polar surface area (TPSA) is 76.7 Å². The van der Waals surface area contributed by atoms with E-state index in [0.717, 1.165) is 11.1 Å². The molecule has 0 radical (unpaired) electrons. The van der Waals surface area contributed by atoms with E-state index in [1.807, 2.05) is 48.5 Å². The molecule has 1 unspecified atom stereocenters. The lowest BCUT2D eigenvalue weighted by molar-refractivity contribution is -0.123. The lowest BCUT2D eigenvalue weighted by Crippen LogP contribution is -2.47. The van der Waals surface area contributed by atoms with Crippen LogP contribution in [0.1, 0.15) is 21.5 Å². The summed E-state index contributed by atoms with van der Waals surface area (Å²) in [5, 5.41) is 5.78. The van der Waals surface area contributed by atoms with Crippen molar-refractivity contribution in [1.29, 1.82) is 0 Å². The second-order valence-electron chi connectivity index (χ2n) is 7.02. The van der Waals surface area contributed by atoms with Gasteiger partial charge in [0.2, 0.25) is 5.91 Å². The van der Waals surface area contributed by atoms with E-state index in [0.29, 0.717) is 23.5 Å². The Labute approximate surface area is 182 Å². The monoisotopic (exact) mass is 418 g/mol. The number of carbonyl (C=O) groups is 2. The van der Waals surface area contributed by atoms with Crippen molar-refractivity contribution in [1.82, 2.24) is 10.6 Å². The summed E-state index contributed by atoms with van der Waals surface area (Å²) < 4.78 is 10.6. The molecule has 2 N–H and O–H groups in total. The summed E-state index contributed by atoms with van der Waals surface area (Å²) in [6, 6.07) is 23.2. The maximum atomic E-state index is 13.0. The molecule has 0 aromatic heterocycles. The minimum atomic E-state index is -0.720. The normalized spacial score (nSPS) is 11.3. The van der Waals surface area contributed by atoms with Gasteiger partial charge in [-0.15, -0.1) is 0 Å². The Morgan fingerprint density at radius 1 is 0.806 bits per heavy atom. The van der Waals surface area contributed by atoms with Crippen LogP contribution < -0.4 is 20.1 Å². The molecule has 0 saturated carbocycles. The highest BCUT2D eigenvalue weighted by Crippen LogP contribution is 2.22. The van der Waals surface area contributed by atoms with E-state index in [2.05, 4.69) is 10.6 Å². The third kappa shape index (κ3) is 6.34. The third-order valence-electron chi connectivity index (χ3n) is 4.82. The van der Waals surface area contributed by atoms with Gasteiger partial charge in [0.15, 0.2) is 0 Å². The summed E-state index contributed by atoms with van der Waals surface area (Å²) in [7, 11) is 3.15. The van der Waals surface area contributed by atoms with Gasteiger partial charge >= 0.3 is 0 Å². The minimum Gasteiger partial charge on any atom is -0.497 e. The highest BCUT2D eigenvalue weighted by Gasteiger charge is 2.22. The second-order valence-corrected chi connectivity index (χ2v) is 7.02. The summed E-state index contributed by atoms with van der Waals surface area (Å²) >= 11 is 0. The van der Waals surface area contributed by atoms with Crippen molar-refractivity contribution in [3.63, 3.8) is 0 Å². The van der Waals surface area contributed by atoms with E-state index in [1.54, 1.807) is 44.6 Å². The van der Waals surface area contributed by atoms with Crippen LogP contribution in [-0.4, -0.2) is 32.1 Å². The summed E-state index contributed by atoms with van der Waals surface area (Å²) in [6.07, 6.45) is 0.382. The Morgan fingerprint density at radius 2 is 1.39 bits per heavy atom. The molecule has 0 aliphatic rings. The van der Waals surface area contributed by atoms with Crippen molar-refractivity contribution in [2.24, 2.45) is 0 Å². The lowest BCUT2D eigenvalue weighted by atomic mass is 10.0. The fourth-order valence-electron chi connectivity index (χ4n) is 3.17. The molecule has 0 saturated heterocycles. The zero-order valence-electron chi connectivity index (χ0n) is 17.6. The van der Waals surface area contributed by atoms with Gasteiger partial charge < -0.3 is 20.1 Å². The Balaban J connectivity index is 1.73. The van der Waals surface area contributed by atoms with E-state index >= 15 is 0 Å². The Morgan fingerprint density at radius 3 is 1.97 bits per heavy atom. The van der Waals surface area contributed by atoms with E-state index < -0.39 is 6.04 Å². The van der Waals surface area contributed by atoms with Crippen molar-refractivity contribution in [3.8, 4) is 11.5 Å². The van der Waals surface area contributed by atoms with Crippen molar-refractivity contribution in [2.45, 2.75) is 19.0 Å². The summed E-state index contributed by atoms with van der Waals surface area (Å²) in [4.78, 5) is 25.7. The first kappa shape index (κ1) is 21.9. The number of carbonyl (C=O) groups excluding carboxylic acids is 2. The maximum Gasteiger partial charge on any atom is 0.251 e. The molecule has 0 fully saturated rings. The van der Waals surface area contributed by atoms with Gasteiger partial charge in [0, 0.05) is 24.6 Å². The molecule has 0 spiro atoms. The van der Waals surface area contributed by atoms with E-state index in [1.165, 1.54) is 0 Å². The van der Waals surface area contributed by atoms with Gasteiger partial charge in [0.05, 0.1) is 14.2 Å². The van der Waals surface area contributed by atoms with Gasteiger partial charge in [-0.25, -0.2) is 0 Å². The first-order valence-corrected chi connectivity index (χ1v) is 9.98. The molecule has 3 aromatic rings. The molecule has 0 bridgehead atoms. The number of hydrogen-bond acceptors (Lipinski definition) is 4. The van der Waals surface area contributed by atoms with E-state index in [4.69, 9.17) is 9.47 Å². The third-order valence-corrected chi connectivity index (χ3v) is 4.82. The number of ether oxygens (including phenoxy) is 2. The zero-order chi connectivity index (χ0) is 22.1. The van der Waals surface area contributed by atoms with Crippen LogP contribution in [-0.2, 0) is 17.8 Å². The molecule has 31 heavy (non-hydrogen) atoms. The molecule has 3 rings (SSSR count). The van der Waals surface area contributed by atoms with Crippen molar-refractivity contribution >= 4 is 11.8 Å². The molecular formula is C25H26N2O4. The molecular weight excluding hydrogens is 392 g/mol. The van der Waals surface area contributed by atoms with Crippen LogP contribution in [0, 0.1) is 0 Å². The first-order chi connectivity index (χ1) is 15.1. The average Bonchev–Trinajstić information content (AvgIpc) is 2.83. The van der Waals surface area contributed by atoms with Gasteiger partial charge in [0.1, 0.15) is 17.5 Å². The predicted molar refractivity (Wildman–Crippen MR) is 119 cm³/mol. The van der Waals surface area contributed by atoms with Crippen molar-refractivity contribution in [2.75, 3.05) is 14.2 Å². The second kappa shape index (κ2) is 10.8. The zero-order valence-corrected chi connectivity index (χ0v) is 17.6. The van der Waals surface area contributed by atoms with Gasteiger partial charge in [-0.3, -0.25) is 9.59 Å². The number of hydrogen-bond donors (Lipinski definition) is 2. The number of nitrogens with one attached hydrogen (secondary N) is 2. The van der Waals surface area contributed by atoms with Crippen LogP contribution >= 0.6 is 0 Å². The van der Waals surface area contributed by atoms with Crippen LogP contribution in [0.25, 0.3) is 0 Å². The minimum absolute atomic E-state index is 0.269.